The number of anilines is 1. The third-order valence-electron chi connectivity index (χ3n) is 2.18. The fraction of sp³-hybridized carbons (Fsp3) is 0.545. The van der Waals surface area contributed by atoms with Crippen molar-refractivity contribution in [3.8, 4) is 0 Å². The Hall–Kier alpha value is -1.29. The van der Waals surface area contributed by atoms with Gasteiger partial charge in [-0.2, -0.15) is 0 Å². The molecule has 1 aromatic heterocycles. The molecule has 4 nitrogen and oxygen atoms in total. The van der Waals surface area contributed by atoms with Crippen molar-refractivity contribution in [3.63, 3.8) is 0 Å². The van der Waals surface area contributed by atoms with E-state index in [9.17, 15) is 4.79 Å². The van der Waals surface area contributed by atoms with Gasteiger partial charge in [0.1, 0.15) is 0 Å². The van der Waals surface area contributed by atoms with Gasteiger partial charge in [-0.15, -0.1) is 0 Å². The molecule has 0 bridgehead atoms. The van der Waals surface area contributed by atoms with E-state index in [1.54, 1.807) is 30.0 Å². The lowest BCUT2D eigenvalue weighted by Crippen LogP contribution is -2.31. The monoisotopic (exact) mass is 210 g/mol. The summed E-state index contributed by atoms with van der Waals surface area (Å²) in [7, 11) is 1.66. The molecule has 0 aromatic carbocycles. The number of ether oxygens (including phenoxy) is 1. The molecule has 0 aliphatic heterocycles. The SMILES string of the molecule is COCC(C)(C)Cn1cccc(N)c1=O. The van der Waals surface area contributed by atoms with E-state index in [-0.39, 0.29) is 16.7 Å². The summed E-state index contributed by atoms with van der Waals surface area (Å²) in [6.07, 6.45) is 1.75. The molecule has 1 rings (SSSR count). The van der Waals surface area contributed by atoms with Gasteiger partial charge < -0.3 is 15.0 Å². The minimum atomic E-state index is -0.137. The van der Waals surface area contributed by atoms with Crippen LogP contribution in [0.4, 0.5) is 5.69 Å². The van der Waals surface area contributed by atoms with Gasteiger partial charge in [-0.25, -0.2) is 0 Å². The van der Waals surface area contributed by atoms with Gasteiger partial charge in [-0.05, 0) is 12.1 Å². The van der Waals surface area contributed by atoms with E-state index in [0.717, 1.165) is 0 Å². The second kappa shape index (κ2) is 4.49. The van der Waals surface area contributed by atoms with Gasteiger partial charge in [0.2, 0.25) is 0 Å². The van der Waals surface area contributed by atoms with Crippen LogP contribution in [-0.4, -0.2) is 18.3 Å². The molecule has 15 heavy (non-hydrogen) atoms. The highest BCUT2D eigenvalue weighted by Crippen LogP contribution is 2.17. The molecule has 1 heterocycles. The highest BCUT2D eigenvalue weighted by Gasteiger charge is 2.19. The maximum atomic E-state index is 11.6. The summed E-state index contributed by atoms with van der Waals surface area (Å²) >= 11 is 0. The lowest BCUT2D eigenvalue weighted by Gasteiger charge is -2.24. The van der Waals surface area contributed by atoms with Crippen molar-refractivity contribution in [2.75, 3.05) is 19.5 Å². The Kier molecular flexibility index (Phi) is 3.52. The first kappa shape index (κ1) is 11.8. The molecular formula is C11H18N2O2. The summed E-state index contributed by atoms with van der Waals surface area (Å²) in [4.78, 5) is 11.6. The summed E-state index contributed by atoms with van der Waals surface area (Å²) in [5, 5.41) is 0. The Morgan fingerprint density at radius 1 is 1.53 bits per heavy atom. The number of nitrogens with two attached hydrogens (primary N) is 1. The molecule has 0 aliphatic carbocycles. The number of hydrogen-bond donors (Lipinski definition) is 1. The molecule has 0 aliphatic rings. The molecule has 0 saturated heterocycles. The second-order valence-electron chi connectivity index (χ2n) is 4.49. The van der Waals surface area contributed by atoms with Crippen molar-refractivity contribution in [2.45, 2.75) is 20.4 Å². The molecule has 0 radical (unpaired) electrons. The van der Waals surface area contributed by atoms with Crippen molar-refractivity contribution >= 4 is 5.69 Å². The highest BCUT2D eigenvalue weighted by molar-refractivity contribution is 5.33. The number of hydrogen-bond acceptors (Lipinski definition) is 3. The van der Waals surface area contributed by atoms with E-state index in [1.807, 2.05) is 13.8 Å². The molecule has 0 saturated carbocycles. The van der Waals surface area contributed by atoms with Crippen molar-refractivity contribution < 1.29 is 4.74 Å². The third kappa shape index (κ3) is 3.09. The van der Waals surface area contributed by atoms with Crippen LogP contribution in [0, 0.1) is 5.41 Å². The molecule has 4 heteroatoms. The van der Waals surface area contributed by atoms with Crippen molar-refractivity contribution in [2.24, 2.45) is 5.41 Å². The van der Waals surface area contributed by atoms with Gasteiger partial charge >= 0.3 is 0 Å². The lowest BCUT2D eigenvalue weighted by molar-refractivity contribution is 0.0912. The van der Waals surface area contributed by atoms with Crippen LogP contribution in [0.25, 0.3) is 0 Å². The maximum absolute atomic E-state index is 11.6. The predicted molar refractivity (Wildman–Crippen MR) is 60.8 cm³/mol. The van der Waals surface area contributed by atoms with Gasteiger partial charge in [0.15, 0.2) is 0 Å². The number of pyridine rings is 1. The minimum absolute atomic E-state index is 0.0770. The normalized spacial score (nSPS) is 11.7. The average molecular weight is 210 g/mol. The first-order chi connectivity index (χ1) is 6.96. The van der Waals surface area contributed by atoms with E-state index in [0.29, 0.717) is 13.2 Å². The van der Waals surface area contributed by atoms with Crippen molar-refractivity contribution in [3.05, 3.63) is 28.7 Å². The fourth-order valence-corrected chi connectivity index (χ4v) is 1.58. The summed E-state index contributed by atoms with van der Waals surface area (Å²) in [5.41, 5.74) is 5.62. The molecule has 2 N–H and O–H groups in total. The molecule has 0 unspecified atom stereocenters. The highest BCUT2D eigenvalue weighted by atomic mass is 16.5. The van der Waals surface area contributed by atoms with Crippen LogP contribution < -0.4 is 11.3 Å². The van der Waals surface area contributed by atoms with E-state index in [2.05, 4.69) is 0 Å². The summed E-state index contributed by atoms with van der Waals surface area (Å²) in [6.45, 7) is 5.30. The van der Waals surface area contributed by atoms with E-state index < -0.39 is 0 Å². The molecule has 1 aromatic rings. The summed E-state index contributed by atoms with van der Waals surface area (Å²) in [5.74, 6) is 0. The Morgan fingerprint density at radius 2 is 2.20 bits per heavy atom. The topological polar surface area (TPSA) is 57.2 Å². The summed E-state index contributed by atoms with van der Waals surface area (Å²) in [6, 6.07) is 3.39. The Bertz CT molecular complexity index is 382. The first-order valence-corrected chi connectivity index (χ1v) is 4.90. The fourth-order valence-electron chi connectivity index (χ4n) is 1.58. The smallest absolute Gasteiger partial charge is 0.273 e. The van der Waals surface area contributed by atoms with Crippen LogP contribution >= 0.6 is 0 Å². The van der Waals surface area contributed by atoms with Crippen LogP contribution in [0.1, 0.15) is 13.8 Å². The number of rotatable bonds is 4. The van der Waals surface area contributed by atoms with E-state index in [4.69, 9.17) is 10.5 Å². The van der Waals surface area contributed by atoms with Crippen LogP contribution in [-0.2, 0) is 11.3 Å². The average Bonchev–Trinajstić information content (AvgIpc) is 2.12. The zero-order chi connectivity index (χ0) is 11.5. The largest absolute Gasteiger partial charge is 0.394 e. The van der Waals surface area contributed by atoms with E-state index in [1.165, 1.54) is 0 Å². The molecule has 0 amide bonds. The predicted octanol–water partition coefficient (Wildman–Crippen LogP) is 1.10. The number of aromatic nitrogens is 1. The van der Waals surface area contributed by atoms with Crippen molar-refractivity contribution in [1.29, 1.82) is 0 Å². The van der Waals surface area contributed by atoms with Gasteiger partial charge in [0.05, 0.1) is 12.3 Å². The third-order valence-corrected chi connectivity index (χ3v) is 2.18. The second-order valence-corrected chi connectivity index (χ2v) is 4.49. The number of nitrogen functional groups attached to an aromatic ring is 1. The van der Waals surface area contributed by atoms with Gasteiger partial charge in [-0.3, -0.25) is 4.79 Å². The quantitative estimate of drug-likeness (QED) is 0.809. The zero-order valence-corrected chi connectivity index (χ0v) is 9.49. The van der Waals surface area contributed by atoms with Crippen molar-refractivity contribution in [1.82, 2.24) is 4.57 Å². The zero-order valence-electron chi connectivity index (χ0n) is 9.49. The Morgan fingerprint density at radius 3 is 2.80 bits per heavy atom. The summed E-state index contributed by atoms with van der Waals surface area (Å²) < 4.78 is 6.72. The van der Waals surface area contributed by atoms with Crippen LogP contribution in [0.5, 0.6) is 0 Å². The molecular weight excluding hydrogens is 192 g/mol. The van der Waals surface area contributed by atoms with Crippen LogP contribution in [0.2, 0.25) is 0 Å². The number of methoxy groups -OCH3 is 1. The molecule has 84 valence electrons. The standard InChI is InChI=1S/C11H18N2O2/c1-11(2,8-15-3)7-13-6-4-5-9(12)10(13)14/h4-6H,7-8,12H2,1-3H3. The maximum Gasteiger partial charge on any atom is 0.273 e. The van der Waals surface area contributed by atoms with Crippen LogP contribution in [0.3, 0.4) is 0 Å². The number of nitrogens with zero attached hydrogens (tertiary/aromatic N) is 1. The first-order valence-electron chi connectivity index (χ1n) is 4.90. The van der Waals surface area contributed by atoms with Gasteiger partial charge in [0, 0.05) is 25.3 Å². The minimum Gasteiger partial charge on any atom is -0.394 e. The lowest BCUT2D eigenvalue weighted by atomic mass is 9.95. The van der Waals surface area contributed by atoms with Gasteiger partial charge in [0.25, 0.3) is 5.56 Å². The molecule has 0 fully saturated rings. The molecule has 0 atom stereocenters. The Balaban J connectivity index is 2.90. The molecule has 0 spiro atoms. The van der Waals surface area contributed by atoms with Crippen LogP contribution in [0.15, 0.2) is 23.1 Å². The van der Waals surface area contributed by atoms with Gasteiger partial charge in [-0.1, -0.05) is 13.8 Å². The van der Waals surface area contributed by atoms with E-state index >= 15 is 0 Å². The Labute approximate surface area is 89.7 Å².